The van der Waals surface area contributed by atoms with Gasteiger partial charge in [0, 0.05) is 6.42 Å². The normalized spacial score (nSPS) is 10.9. The predicted octanol–water partition coefficient (Wildman–Crippen LogP) is 2.68. The first-order chi connectivity index (χ1) is 14.1. The van der Waals surface area contributed by atoms with Gasteiger partial charge >= 0.3 is 18.3 Å². The number of ketones is 1. The topological polar surface area (TPSA) is 120 Å². The summed E-state index contributed by atoms with van der Waals surface area (Å²) in [6.07, 6.45) is -0.0250. The minimum Gasteiger partial charge on any atom is -0.459 e. The number of alkyl carbamates (subject to hydrolysis) is 1. The van der Waals surface area contributed by atoms with Crippen LogP contribution in [0.1, 0.15) is 24.0 Å². The molecule has 0 aliphatic carbocycles. The van der Waals surface area contributed by atoms with Crippen molar-refractivity contribution in [3.05, 3.63) is 71.8 Å². The summed E-state index contributed by atoms with van der Waals surface area (Å²) in [5.41, 5.74) is 8.28. The van der Waals surface area contributed by atoms with E-state index in [2.05, 4.69) is 10.1 Å². The fraction of sp³-hybridized carbons (Fsp3) is 0.238. The Morgan fingerprint density at radius 1 is 0.931 bits per heavy atom. The summed E-state index contributed by atoms with van der Waals surface area (Å²) in [5.74, 6) is -1.11. The molecular formula is C21H22N3O5+. The molecule has 0 saturated carbocycles. The zero-order valence-electron chi connectivity index (χ0n) is 15.7. The third-order valence-corrected chi connectivity index (χ3v) is 3.90. The van der Waals surface area contributed by atoms with Crippen LogP contribution in [0.5, 0.6) is 0 Å². The van der Waals surface area contributed by atoms with Crippen LogP contribution in [0.2, 0.25) is 0 Å². The van der Waals surface area contributed by atoms with Crippen LogP contribution in [0.4, 0.5) is 4.79 Å². The fourth-order valence-corrected chi connectivity index (χ4v) is 2.41. The molecule has 0 aliphatic heterocycles. The molecule has 1 unspecified atom stereocenters. The Morgan fingerprint density at radius 3 is 2.03 bits per heavy atom. The number of rotatable bonds is 10. The summed E-state index contributed by atoms with van der Waals surface area (Å²) in [5, 5.41) is 2.44. The lowest BCUT2D eigenvalue weighted by Gasteiger charge is -2.17. The Hall–Kier alpha value is -3.77. The number of hydrogen-bond donors (Lipinski definition) is 2. The molecule has 0 bridgehead atoms. The summed E-state index contributed by atoms with van der Waals surface area (Å²) in [6.45, 7) is 0.0852. The van der Waals surface area contributed by atoms with Gasteiger partial charge in [0.2, 0.25) is 5.78 Å². The standard InChI is InChI=1S/C21H21N3O5/c22-23-13-18(25)11-12-19(20(26)28-14-16-7-3-1-4-8-16)24-21(27)29-15-17-9-5-2-6-10-17/h1-10,13,19,22H,11-12,14-15H2/p+1. The van der Waals surface area contributed by atoms with Crippen molar-refractivity contribution in [2.24, 2.45) is 0 Å². The molecule has 29 heavy (non-hydrogen) atoms. The van der Waals surface area contributed by atoms with Crippen molar-refractivity contribution in [3.8, 4) is 0 Å². The Labute approximate surface area is 168 Å². The second-order valence-electron chi connectivity index (χ2n) is 6.12. The molecule has 0 fully saturated rings. The lowest BCUT2D eigenvalue weighted by atomic mass is 10.1. The quantitative estimate of drug-likeness (QED) is 0.277. The molecule has 0 heterocycles. The van der Waals surface area contributed by atoms with E-state index in [0.29, 0.717) is 0 Å². The Kier molecular flexibility index (Phi) is 8.79. The minimum absolute atomic E-state index is 0.00108. The van der Waals surface area contributed by atoms with Crippen LogP contribution in [-0.2, 0) is 32.3 Å². The SMILES string of the molecule is N=[N+]=CC(=O)CCC(NC(=O)OCc1ccccc1)C(=O)OCc1ccccc1. The number of nitrogens with zero attached hydrogens (tertiary/aromatic N) is 1. The maximum absolute atomic E-state index is 12.4. The van der Waals surface area contributed by atoms with Crippen LogP contribution >= 0.6 is 0 Å². The highest BCUT2D eigenvalue weighted by Crippen LogP contribution is 2.07. The van der Waals surface area contributed by atoms with Gasteiger partial charge in [-0.2, -0.15) is 0 Å². The number of benzene rings is 2. The van der Waals surface area contributed by atoms with Gasteiger partial charge < -0.3 is 14.8 Å². The van der Waals surface area contributed by atoms with Gasteiger partial charge in [-0.25, -0.2) is 9.59 Å². The van der Waals surface area contributed by atoms with E-state index >= 15 is 0 Å². The van der Waals surface area contributed by atoms with E-state index in [0.717, 1.165) is 17.3 Å². The molecule has 8 nitrogen and oxygen atoms in total. The molecular weight excluding hydrogens is 374 g/mol. The molecule has 8 heteroatoms. The van der Waals surface area contributed by atoms with Crippen LogP contribution in [-0.4, -0.2) is 34.9 Å². The van der Waals surface area contributed by atoms with Crippen LogP contribution in [0.15, 0.2) is 60.7 Å². The first-order valence-corrected chi connectivity index (χ1v) is 8.99. The van der Waals surface area contributed by atoms with Gasteiger partial charge in [0.15, 0.2) is 0 Å². The maximum atomic E-state index is 12.4. The molecule has 1 amide bonds. The number of nitrogens with one attached hydrogen (secondary N) is 2. The third-order valence-electron chi connectivity index (χ3n) is 3.90. The average Bonchev–Trinajstić information content (AvgIpc) is 2.75. The highest BCUT2D eigenvalue weighted by Gasteiger charge is 2.24. The summed E-state index contributed by atoms with van der Waals surface area (Å²) in [7, 11) is 0. The van der Waals surface area contributed by atoms with Gasteiger partial charge in [-0.1, -0.05) is 60.7 Å². The maximum Gasteiger partial charge on any atom is 0.408 e. The van der Waals surface area contributed by atoms with Crippen LogP contribution in [0, 0.1) is 5.53 Å². The molecule has 2 aromatic rings. The van der Waals surface area contributed by atoms with Gasteiger partial charge in [-0.05, 0) is 17.5 Å². The Morgan fingerprint density at radius 2 is 1.48 bits per heavy atom. The first kappa shape index (κ1) is 21.5. The number of Topliss-reactive ketones (excluding diaryl/α,β-unsaturated/α-hetero) is 1. The highest BCUT2D eigenvalue weighted by molar-refractivity contribution is 6.25. The molecule has 150 valence electrons. The van der Waals surface area contributed by atoms with E-state index in [1.165, 1.54) is 0 Å². The number of carbonyl (C=O) groups excluding carboxylic acids is 3. The molecule has 0 aliphatic rings. The van der Waals surface area contributed by atoms with Crippen LogP contribution < -0.4 is 5.32 Å². The predicted molar refractivity (Wildman–Crippen MR) is 103 cm³/mol. The number of hydrogen-bond acceptors (Lipinski definition) is 6. The second kappa shape index (κ2) is 11.8. The van der Waals surface area contributed by atoms with Crippen LogP contribution in [0.25, 0.3) is 0 Å². The summed E-state index contributed by atoms with van der Waals surface area (Å²) in [4.78, 5) is 39.0. The monoisotopic (exact) mass is 396 g/mol. The first-order valence-electron chi connectivity index (χ1n) is 8.99. The largest absolute Gasteiger partial charge is 0.459 e. The van der Waals surface area contributed by atoms with Crippen molar-refractivity contribution < 1.29 is 28.6 Å². The van der Waals surface area contributed by atoms with Gasteiger partial charge in [-0.3, -0.25) is 4.79 Å². The van der Waals surface area contributed by atoms with Gasteiger partial charge in [-0.15, -0.1) is 0 Å². The number of carbonyl (C=O) groups is 3. The molecule has 0 aromatic heterocycles. The lowest BCUT2D eigenvalue weighted by Crippen LogP contribution is -2.42. The van der Waals surface area contributed by atoms with E-state index in [1.807, 2.05) is 36.4 Å². The van der Waals surface area contributed by atoms with Gasteiger partial charge in [0.05, 0.1) is 10.3 Å². The van der Waals surface area contributed by atoms with E-state index in [-0.39, 0.29) is 26.1 Å². The molecule has 1 atom stereocenters. The van der Waals surface area contributed by atoms with Crippen molar-refractivity contribution in [2.45, 2.75) is 32.1 Å². The van der Waals surface area contributed by atoms with Gasteiger partial charge in [0.25, 0.3) is 0 Å². The van der Waals surface area contributed by atoms with Crippen molar-refractivity contribution in [1.29, 1.82) is 5.53 Å². The fourth-order valence-electron chi connectivity index (χ4n) is 2.41. The smallest absolute Gasteiger partial charge is 0.408 e. The highest BCUT2D eigenvalue weighted by atomic mass is 16.6. The van der Waals surface area contributed by atoms with Gasteiger partial charge in [0.1, 0.15) is 19.3 Å². The Balaban J connectivity index is 1.93. The lowest BCUT2D eigenvalue weighted by molar-refractivity contribution is -0.147. The molecule has 2 aromatic carbocycles. The number of amides is 1. The molecule has 0 radical (unpaired) electrons. The summed E-state index contributed by atoms with van der Waals surface area (Å²) < 4.78 is 10.4. The van der Waals surface area contributed by atoms with E-state index in [1.54, 1.807) is 24.3 Å². The second-order valence-corrected chi connectivity index (χ2v) is 6.12. The average molecular weight is 396 g/mol. The van der Waals surface area contributed by atoms with Crippen molar-refractivity contribution in [2.75, 3.05) is 0 Å². The van der Waals surface area contributed by atoms with Crippen molar-refractivity contribution in [3.63, 3.8) is 0 Å². The van der Waals surface area contributed by atoms with E-state index in [4.69, 9.17) is 15.0 Å². The van der Waals surface area contributed by atoms with Crippen molar-refractivity contribution >= 4 is 24.1 Å². The third kappa shape index (κ3) is 8.19. The number of ether oxygens (including phenoxy) is 2. The molecule has 0 saturated heterocycles. The molecule has 2 N–H and O–H groups in total. The molecule has 0 spiro atoms. The zero-order chi connectivity index (χ0) is 20.9. The van der Waals surface area contributed by atoms with Crippen LogP contribution in [0.3, 0.4) is 0 Å². The minimum atomic E-state index is -1.06. The zero-order valence-corrected chi connectivity index (χ0v) is 15.7. The summed E-state index contributed by atoms with van der Waals surface area (Å²) in [6, 6.07) is 17.1. The molecule has 2 rings (SSSR count). The van der Waals surface area contributed by atoms with E-state index < -0.39 is 23.9 Å². The number of esters is 1. The summed E-state index contributed by atoms with van der Waals surface area (Å²) >= 11 is 0. The Bertz CT molecular complexity index is 864. The van der Waals surface area contributed by atoms with E-state index in [9.17, 15) is 14.4 Å². The van der Waals surface area contributed by atoms with Crippen molar-refractivity contribution in [1.82, 2.24) is 5.32 Å².